The molecule has 4 rings (SSSR count). The largest absolute Gasteiger partial charge is 0.423 e. The smallest absolute Gasteiger partial charge is 0.336 e. The number of aromatic nitrogens is 1. The van der Waals surface area contributed by atoms with E-state index in [2.05, 4.69) is 15.5 Å². The van der Waals surface area contributed by atoms with Crippen molar-refractivity contribution in [3.63, 3.8) is 0 Å². The molecule has 156 valence electrons. The zero-order valence-corrected chi connectivity index (χ0v) is 17.0. The molecule has 0 saturated carbocycles. The van der Waals surface area contributed by atoms with Crippen LogP contribution in [0.1, 0.15) is 21.6 Å². The first-order valence-electron chi connectivity index (χ1n) is 9.91. The minimum Gasteiger partial charge on any atom is -0.423 e. The first-order valence-corrected chi connectivity index (χ1v) is 9.91. The third kappa shape index (κ3) is 5.52. The number of carbonyl (C=O) groups excluding carboxylic acids is 2. The first kappa shape index (κ1) is 20.7. The lowest BCUT2D eigenvalue weighted by molar-refractivity contribution is -0.128. The van der Waals surface area contributed by atoms with Crippen molar-refractivity contribution in [3.8, 4) is 5.75 Å². The number of para-hydroxylation sites is 1. The van der Waals surface area contributed by atoms with E-state index in [4.69, 9.17) is 4.74 Å². The van der Waals surface area contributed by atoms with Gasteiger partial charge in [-0.2, -0.15) is 5.10 Å². The van der Waals surface area contributed by atoms with Gasteiger partial charge in [0.1, 0.15) is 11.4 Å². The van der Waals surface area contributed by atoms with Crippen LogP contribution in [0.2, 0.25) is 0 Å². The van der Waals surface area contributed by atoms with Gasteiger partial charge in [0.15, 0.2) is 0 Å². The minimum absolute atomic E-state index is 0.284. The second-order valence-electron chi connectivity index (χ2n) is 6.82. The number of nitrogens with one attached hydrogen (secondary N) is 1. The number of pyridine rings is 1. The number of amides is 1. The molecule has 0 bridgehead atoms. The van der Waals surface area contributed by atoms with Gasteiger partial charge in [0.25, 0.3) is 5.91 Å². The quantitative estimate of drug-likeness (QED) is 0.162. The molecule has 0 radical (unpaired) electrons. The molecule has 1 N–H and O–H groups in total. The van der Waals surface area contributed by atoms with Crippen LogP contribution in [0.5, 0.6) is 5.75 Å². The molecule has 0 aliphatic carbocycles. The van der Waals surface area contributed by atoms with E-state index >= 15 is 0 Å². The molecule has 4 aromatic rings. The normalized spacial score (nSPS) is 11.1. The topological polar surface area (TPSA) is 80.6 Å². The number of hydrogen-bond donors (Lipinski definition) is 1. The summed E-state index contributed by atoms with van der Waals surface area (Å²) in [4.78, 5) is 28.5. The Balaban J connectivity index is 1.31. The standard InChI is InChI=1S/C26H19N3O3/c30-25(17-12-19-6-2-1-3-7-19)32-22-14-10-20(11-15-22)18-27-29-26(31)24-16-13-21-8-4-5-9-23(21)28-24/h1-18H,(H,29,31). The van der Waals surface area contributed by atoms with Crippen LogP contribution in [-0.4, -0.2) is 23.1 Å². The molecule has 1 aromatic heterocycles. The van der Waals surface area contributed by atoms with Crippen LogP contribution in [0.15, 0.2) is 102 Å². The van der Waals surface area contributed by atoms with Gasteiger partial charge < -0.3 is 4.74 Å². The lowest BCUT2D eigenvalue weighted by atomic mass is 10.2. The van der Waals surface area contributed by atoms with E-state index in [1.165, 1.54) is 12.3 Å². The van der Waals surface area contributed by atoms with Crippen molar-refractivity contribution in [2.75, 3.05) is 0 Å². The van der Waals surface area contributed by atoms with Crippen LogP contribution in [0.4, 0.5) is 0 Å². The maximum atomic E-state index is 12.3. The molecule has 32 heavy (non-hydrogen) atoms. The Bertz CT molecular complexity index is 1300. The fraction of sp³-hybridized carbons (Fsp3) is 0. The Morgan fingerprint density at radius 1 is 0.812 bits per heavy atom. The third-order valence-corrected chi connectivity index (χ3v) is 4.52. The summed E-state index contributed by atoms with van der Waals surface area (Å²) in [5.41, 5.74) is 5.14. The number of carbonyl (C=O) groups is 2. The number of nitrogens with zero attached hydrogens (tertiary/aromatic N) is 2. The van der Waals surface area contributed by atoms with Gasteiger partial charge in [0, 0.05) is 11.5 Å². The Kier molecular flexibility index (Phi) is 6.43. The van der Waals surface area contributed by atoms with Crippen molar-refractivity contribution in [1.82, 2.24) is 10.4 Å². The SMILES string of the molecule is O=C(C=Cc1ccccc1)Oc1ccc(C=NNC(=O)c2ccc3ccccc3n2)cc1. The van der Waals surface area contributed by atoms with E-state index < -0.39 is 11.9 Å². The van der Waals surface area contributed by atoms with Crippen molar-refractivity contribution >= 4 is 35.1 Å². The predicted molar refractivity (Wildman–Crippen MR) is 124 cm³/mol. The van der Waals surface area contributed by atoms with Crippen molar-refractivity contribution < 1.29 is 14.3 Å². The minimum atomic E-state index is -0.467. The lowest BCUT2D eigenvalue weighted by Crippen LogP contribution is -2.18. The fourth-order valence-corrected chi connectivity index (χ4v) is 2.92. The molecule has 0 fully saturated rings. The zero-order valence-electron chi connectivity index (χ0n) is 17.0. The molecular weight excluding hydrogens is 402 g/mol. The highest BCUT2D eigenvalue weighted by molar-refractivity contribution is 5.95. The summed E-state index contributed by atoms with van der Waals surface area (Å²) in [7, 11) is 0. The molecule has 0 unspecified atom stereocenters. The van der Waals surface area contributed by atoms with Crippen LogP contribution in [0.25, 0.3) is 17.0 Å². The van der Waals surface area contributed by atoms with E-state index in [0.29, 0.717) is 5.75 Å². The molecule has 0 aliphatic heterocycles. The van der Waals surface area contributed by atoms with Crippen molar-refractivity contribution in [3.05, 3.63) is 114 Å². The van der Waals surface area contributed by atoms with Gasteiger partial charge in [0.2, 0.25) is 0 Å². The predicted octanol–water partition coefficient (Wildman–Crippen LogP) is 4.62. The van der Waals surface area contributed by atoms with Gasteiger partial charge in [-0.25, -0.2) is 15.2 Å². The monoisotopic (exact) mass is 421 g/mol. The maximum absolute atomic E-state index is 12.3. The summed E-state index contributed by atoms with van der Waals surface area (Å²) < 4.78 is 5.28. The first-order chi connectivity index (χ1) is 15.7. The Labute approximate surface area is 184 Å². The van der Waals surface area contributed by atoms with Gasteiger partial charge in [-0.3, -0.25) is 4.79 Å². The van der Waals surface area contributed by atoms with Crippen molar-refractivity contribution in [1.29, 1.82) is 0 Å². The summed E-state index contributed by atoms with van der Waals surface area (Å²) >= 11 is 0. The zero-order chi connectivity index (χ0) is 22.2. The second-order valence-corrected chi connectivity index (χ2v) is 6.82. The number of benzene rings is 3. The third-order valence-electron chi connectivity index (χ3n) is 4.52. The van der Waals surface area contributed by atoms with Crippen LogP contribution in [0, 0.1) is 0 Å². The van der Waals surface area contributed by atoms with E-state index in [-0.39, 0.29) is 5.69 Å². The number of ether oxygens (including phenoxy) is 1. The van der Waals surface area contributed by atoms with E-state index in [1.54, 1.807) is 36.4 Å². The molecule has 6 heteroatoms. The lowest BCUT2D eigenvalue weighted by Gasteiger charge is -2.02. The molecule has 0 aliphatic rings. The molecule has 1 amide bonds. The van der Waals surface area contributed by atoms with Crippen LogP contribution in [0.3, 0.4) is 0 Å². The van der Waals surface area contributed by atoms with Crippen LogP contribution in [-0.2, 0) is 4.79 Å². The number of rotatable bonds is 6. The molecular formula is C26H19N3O3. The van der Waals surface area contributed by atoms with Crippen molar-refractivity contribution in [2.24, 2.45) is 5.10 Å². The molecule has 1 heterocycles. The Morgan fingerprint density at radius 2 is 1.56 bits per heavy atom. The highest BCUT2D eigenvalue weighted by Gasteiger charge is 2.07. The van der Waals surface area contributed by atoms with Gasteiger partial charge in [-0.1, -0.05) is 54.6 Å². The number of hydrogen-bond acceptors (Lipinski definition) is 5. The molecule has 0 saturated heterocycles. The molecule has 0 spiro atoms. The van der Waals surface area contributed by atoms with E-state index in [9.17, 15) is 9.59 Å². The molecule has 6 nitrogen and oxygen atoms in total. The summed E-state index contributed by atoms with van der Waals surface area (Å²) in [6, 6.07) is 27.3. The summed E-state index contributed by atoms with van der Waals surface area (Å²) in [6.07, 6.45) is 4.57. The summed E-state index contributed by atoms with van der Waals surface area (Å²) in [6.45, 7) is 0. The molecule has 0 atom stereocenters. The highest BCUT2D eigenvalue weighted by atomic mass is 16.5. The second kappa shape index (κ2) is 9.95. The van der Waals surface area contributed by atoms with Crippen LogP contribution >= 0.6 is 0 Å². The highest BCUT2D eigenvalue weighted by Crippen LogP contribution is 2.13. The van der Waals surface area contributed by atoms with Gasteiger partial charge in [-0.15, -0.1) is 0 Å². The number of hydrazone groups is 1. The van der Waals surface area contributed by atoms with Crippen LogP contribution < -0.4 is 10.2 Å². The average Bonchev–Trinajstić information content (AvgIpc) is 2.84. The van der Waals surface area contributed by atoms with Gasteiger partial charge >= 0.3 is 5.97 Å². The maximum Gasteiger partial charge on any atom is 0.336 e. The average molecular weight is 421 g/mol. The summed E-state index contributed by atoms with van der Waals surface area (Å²) in [5, 5.41) is 4.93. The van der Waals surface area contributed by atoms with Gasteiger partial charge in [0.05, 0.1) is 11.7 Å². The Morgan fingerprint density at radius 3 is 2.38 bits per heavy atom. The van der Waals surface area contributed by atoms with Gasteiger partial charge in [-0.05, 0) is 53.6 Å². The Hall–Kier alpha value is -4.58. The van der Waals surface area contributed by atoms with E-state index in [1.807, 2.05) is 60.7 Å². The van der Waals surface area contributed by atoms with Crippen molar-refractivity contribution in [2.45, 2.75) is 0 Å². The number of esters is 1. The fourth-order valence-electron chi connectivity index (χ4n) is 2.92. The van der Waals surface area contributed by atoms with E-state index in [0.717, 1.165) is 22.0 Å². The number of fused-ring (bicyclic) bond motifs is 1. The summed E-state index contributed by atoms with van der Waals surface area (Å²) in [5.74, 6) is -0.456. The molecule has 3 aromatic carbocycles.